The minimum atomic E-state index is -3.85. The van der Waals surface area contributed by atoms with E-state index in [9.17, 15) is 13.5 Å². The largest absolute Gasteiger partial charge is 0.393 e. The van der Waals surface area contributed by atoms with Gasteiger partial charge in [-0.2, -0.15) is 8.42 Å². The van der Waals surface area contributed by atoms with E-state index in [1.54, 1.807) is 0 Å². The molecule has 0 bridgehead atoms. The number of aliphatic hydroxyl groups excluding tert-OH is 1. The molecule has 0 aliphatic carbocycles. The molecular formula is C21H44O4S. The Morgan fingerprint density at radius 3 is 1.35 bits per heavy atom. The van der Waals surface area contributed by atoms with E-state index in [1.807, 2.05) is 0 Å². The van der Waals surface area contributed by atoms with Crippen LogP contribution in [-0.4, -0.2) is 29.9 Å². The molecule has 2 N–H and O–H groups in total. The molecule has 0 heterocycles. The second-order valence-corrected chi connectivity index (χ2v) is 9.39. The van der Waals surface area contributed by atoms with Crippen molar-refractivity contribution in [3.63, 3.8) is 0 Å². The molecule has 5 heteroatoms. The van der Waals surface area contributed by atoms with Gasteiger partial charge in [0.2, 0.25) is 0 Å². The quantitative estimate of drug-likeness (QED) is 0.189. The van der Waals surface area contributed by atoms with Gasteiger partial charge in [-0.1, -0.05) is 96.8 Å². The van der Waals surface area contributed by atoms with Crippen LogP contribution in [0.2, 0.25) is 0 Å². The average molecular weight is 393 g/mol. The molecule has 0 radical (unpaired) electrons. The molecule has 0 saturated carbocycles. The summed E-state index contributed by atoms with van der Waals surface area (Å²) in [6.45, 7) is 2.26. The van der Waals surface area contributed by atoms with Crippen molar-refractivity contribution in [1.29, 1.82) is 0 Å². The van der Waals surface area contributed by atoms with Crippen molar-refractivity contribution in [1.82, 2.24) is 0 Å². The highest BCUT2D eigenvalue weighted by Crippen LogP contribution is 2.15. The molecule has 0 aliphatic rings. The second kappa shape index (κ2) is 18.2. The molecule has 0 aromatic rings. The van der Waals surface area contributed by atoms with E-state index in [-0.39, 0.29) is 11.9 Å². The van der Waals surface area contributed by atoms with Crippen LogP contribution in [0, 0.1) is 0 Å². The van der Waals surface area contributed by atoms with Crippen molar-refractivity contribution in [2.24, 2.45) is 0 Å². The molecule has 4 nitrogen and oxygen atoms in total. The Balaban J connectivity index is 3.18. The zero-order valence-electron chi connectivity index (χ0n) is 17.1. The van der Waals surface area contributed by atoms with Crippen LogP contribution in [0.25, 0.3) is 0 Å². The van der Waals surface area contributed by atoms with Crippen LogP contribution in [0.3, 0.4) is 0 Å². The van der Waals surface area contributed by atoms with Crippen LogP contribution in [0.5, 0.6) is 0 Å². The van der Waals surface area contributed by atoms with E-state index in [4.69, 9.17) is 4.55 Å². The first-order valence-corrected chi connectivity index (χ1v) is 12.7. The predicted octanol–water partition coefficient (Wildman–Crippen LogP) is 6.28. The van der Waals surface area contributed by atoms with Crippen LogP contribution < -0.4 is 0 Å². The molecule has 0 amide bonds. The van der Waals surface area contributed by atoms with Gasteiger partial charge in [0, 0.05) is 0 Å². The number of hydrogen-bond donors (Lipinski definition) is 2. The Morgan fingerprint density at radius 1 is 0.615 bits per heavy atom. The number of unbranched alkanes of at least 4 members (excludes halogenated alkanes) is 14. The highest BCUT2D eigenvalue weighted by molar-refractivity contribution is 7.85. The highest BCUT2D eigenvalue weighted by atomic mass is 32.2. The van der Waals surface area contributed by atoms with Crippen LogP contribution in [-0.2, 0) is 10.1 Å². The first-order chi connectivity index (χ1) is 12.5. The van der Waals surface area contributed by atoms with Crippen LogP contribution >= 0.6 is 0 Å². The van der Waals surface area contributed by atoms with Crippen molar-refractivity contribution >= 4 is 10.1 Å². The van der Waals surface area contributed by atoms with E-state index in [2.05, 4.69) is 6.92 Å². The van der Waals surface area contributed by atoms with E-state index >= 15 is 0 Å². The molecule has 0 rings (SSSR count). The van der Waals surface area contributed by atoms with E-state index in [1.165, 1.54) is 83.5 Å². The predicted molar refractivity (Wildman–Crippen MR) is 111 cm³/mol. The lowest BCUT2D eigenvalue weighted by molar-refractivity contribution is 0.148. The van der Waals surface area contributed by atoms with E-state index in [0.29, 0.717) is 19.3 Å². The smallest absolute Gasteiger partial charge is 0.264 e. The maximum Gasteiger partial charge on any atom is 0.264 e. The molecule has 0 aromatic carbocycles. The molecular weight excluding hydrogens is 348 g/mol. The first kappa shape index (κ1) is 25.9. The normalized spacial score (nSPS) is 13.2. The fraction of sp³-hybridized carbons (Fsp3) is 1.00. The lowest BCUT2D eigenvalue weighted by atomic mass is 10.0. The summed E-state index contributed by atoms with van der Waals surface area (Å²) in [6.07, 6.45) is 20.9. The summed E-state index contributed by atoms with van der Waals surface area (Å²) >= 11 is 0. The Labute approximate surface area is 162 Å². The summed E-state index contributed by atoms with van der Waals surface area (Å²) in [6, 6.07) is 0. The van der Waals surface area contributed by atoms with Gasteiger partial charge in [0.05, 0.1) is 11.9 Å². The van der Waals surface area contributed by atoms with Gasteiger partial charge in [-0.3, -0.25) is 4.55 Å². The SMILES string of the molecule is CCCCCCCCCCCCCCCCC(O)CCCCS(=O)(=O)O. The molecule has 0 saturated heterocycles. The fourth-order valence-electron chi connectivity index (χ4n) is 3.38. The van der Waals surface area contributed by atoms with Gasteiger partial charge in [-0.25, -0.2) is 0 Å². The summed E-state index contributed by atoms with van der Waals surface area (Å²) < 4.78 is 29.8. The lowest BCUT2D eigenvalue weighted by Gasteiger charge is -2.10. The van der Waals surface area contributed by atoms with Gasteiger partial charge in [-0.05, 0) is 25.7 Å². The third-order valence-electron chi connectivity index (χ3n) is 5.08. The van der Waals surface area contributed by atoms with Gasteiger partial charge < -0.3 is 5.11 Å². The van der Waals surface area contributed by atoms with Crippen molar-refractivity contribution < 1.29 is 18.1 Å². The van der Waals surface area contributed by atoms with Crippen LogP contribution in [0.15, 0.2) is 0 Å². The standard InChI is InChI=1S/C21H44O4S/c1-2-3-4-5-6-7-8-9-10-11-12-13-14-15-18-21(22)19-16-17-20-26(23,24)25/h21-22H,2-20H2,1H3,(H,23,24,25). The summed E-state index contributed by atoms with van der Waals surface area (Å²) in [5.41, 5.74) is 0. The molecule has 0 aliphatic heterocycles. The van der Waals surface area contributed by atoms with Crippen LogP contribution in [0.1, 0.15) is 122 Å². The fourth-order valence-corrected chi connectivity index (χ4v) is 3.95. The lowest BCUT2D eigenvalue weighted by Crippen LogP contribution is -2.08. The summed E-state index contributed by atoms with van der Waals surface area (Å²) in [5.74, 6) is -0.196. The summed E-state index contributed by atoms with van der Waals surface area (Å²) in [4.78, 5) is 0. The number of rotatable bonds is 20. The molecule has 26 heavy (non-hydrogen) atoms. The van der Waals surface area contributed by atoms with Crippen LogP contribution in [0.4, 0.5) is 0 Å². The zero-order valence-corrected chi connectivity index (χ0v) is 17.9. The molecule has 1 atom stereocenters. The molecule has 158 valence electrons. The number of aliphatic hydroxyl groups is 1. The van der Waals surface area contributed by atoms with E-state index in [0.717, 1.165) is 12.8 Å². The average Bonchev–Trinajstić information content (AvgIpc) is 2.58. The van der Waals surface area contributed by atoms with E-state index < -0.39 is 10.1 Å². The Hall–Kier alpha value is -0.130. The minimum Gasteiger partial charge on any atom is -0.393 e. The summed E-state index contributed by atoms with van der Waals surface area (Å²) in [5, 5.41) is 9.86. The van der Waals surface area contributed by atoms with Gasteiger partial charge >= 0.3 is 0 Å². The Bertz CT molecular complexity index is 381. The topological polar surface area (TPSA) is 74.6 Å². The minimum absolute atomic E-state index is 0.196. The maximum atomic E-state index is 10.6. The maximum absolute atomic E-state index is 10.6. The number of hydrogen-bond acceptors (Lipinski definition) is 3. The zero-order chi connectivity index (χ0) is 19.5. The highest BCUT2D eigenvalue weighted by Gasteiger charge is 2.07. The monoisotopic (exact) mass is 392 g/mol. The van der Waals surface area contributed by atoms with Crippen molar-refractivity contribution in [3.05, 3.63) is 0 Å². The molecule has 1 unspecified atom stereocenters. The van der Waals surface area contributed by atoms with Crippen molar-refractivity contribution in [2.45, 2.75) is 129 Å². The second-order valence-electron chi connectivity index (χ2n) is 7.82. The molecule has 0 aromatic heterocycles. The van der Waals surface area contributed by atoms with Gasteiger partial charge in [0.25, 0.3) is 10.1 Å². The molecule has 0 spiro atoms. The summed E-state index contributed by atoms with van der Waals surface area (Å²) in [7, 11) is -3.85. The third-order valence-corrected chi connectivity index (χ3v) is 5.89. The van der Waals surface area contributed by atoms with Gasteiger partial charge in [0.15, 0.2) is 0 Å². The Morgan fingerprint density at radius 2 is 0.962 bits per heavy atom. The van der Waals surface area contributed by atoms with Crippen molar-refractivity contribution in [3.8, 4) is 0 Å². The Kier molecular flexibility index (Phi) is 18.2. The van der Waals surface area contributed by atoms with Crippen molar-refractivity contribution in [2.75, 3.05) is 5.75 Å². The third kappa shape index (κ3) is 21.9. The molecule has 0 fully saturated rings. The first-order valence-electron chi connectivity index (χ1n) is 11.1. The van der Waals surface area contributed by atoms with Gasteiger partial charge in [0.1, 0.15) is 0 Å². The van der Waals surface area contributed by atoms with Gasteiger partial charge in [-0.15, -0.1) is 0 Å².